The molecule has 128 valence electrons. The number of carbonyl (C=O) groups excluding carboxylic acids is 2. The summed E-state index contributed by atoms with van der Waals surface area (Å²) < 4.78 is 4.86. The molecule has 0 spiro atoms. The lowest BCUT2D eigenvalue weighted by atomic mass is 9.97. The Morgan fingerprint density at radius 3 is 2.75 bits per heavy atom. The molecular formula is C16H20N4O3S. The second-order valence-electron chi connectivity index (χ2n) is 6.01. The monoisotopic (exact) mass is 348 g/mol. The number of aromatic nitrogens is 2. The van der Waals surface area contributed by atoms with Crippen LogP contribution < -0.4 is 10.6 Å². The lowest BCUT2D eigenvalue weighted by Crippen LogP contribution is -2.41. The van der Waals surface area contributed by atoms with Gasteiger partial charge >= 0.3 is 5.97 Å². The summed E-state index contributed by atoms with van der Waals surface area (Å²) in [6.45, 7) is 5.05. The van der Waals surface area contributed by atoms with Gasteiger partial charge in [-0.15, -0.1) is 11.3 Å². The van der Waals surface area contributed by atoms with Crippen molar-refractivity contribution in [2.75, 3.05) is 25.1 Å². The van der Waals surface area contributed by atoms with Gasteiger partial charge in [0, 0.05) is 13.1 Å². The quantitative estimate of drug-likeness (QED) is 0.849. The highest BCUT2D eigenvalue weighted by Gasteiger charge is 2.28. The number of thiophene rings is 1. The van der Waals surface area contributed by atoms with Gasteiger partial charge in [0.2, 0.25) is 5.91 Å². The van der Waals surface area contributed by atoms with Gasteiger partial charge in [0.15, 0.2) is 0 Å². The van der Waals surface area contributed by atoms with Crippen LogP contribution in [-0.4, -0.2) is 42.0 Å². The molecule has 1 aliphatic heterocycles. The Bertz CT molecular complexity index is 817. The molecule has 24 heavy (non-hydrogen) atoms. The van der Waals surface area contributed by atoms with Crippen LogP contribution in [0, 0.1) is 19.8 Å². The van der Waals surface area contributed by atoms with Gasteiger partial charge in [-0.05, 0) is 32.3 Å². The first-order chi connectivity index (χ1) is 11.4. The van der Waals surface area contributed by atoms with Crippen LogP contribution in [-0.2, 0) is 9.53 Å². The van der Waals surface area contributed by atoms with Crippen molar-refractivity contribution in [3.63, 3.8) is 0 Å². The molecule has 7 nitrogen and oxygen atoms in total. The summed E-state index contributed by atoms with van der Waals surface area (Å²) in [5.41, 5.74) is 6.30. The number of piperidine rings is 1. The normalized spacial score (nSPS) is 18.0. The van der Waals surface area contributed by atoms with Crippen LogP contribution in [0.2, 0.25) is 0 Å². The van der Waals surface area contributed by atoms with E-state index in [0.29, 0.717) is 17.2 Å². The molecule has 3 rings (SSSR count). The minimum absolute atomic E-state index is 0.178. The van der Waals surface area contributed by atoms with E-state index in [0.717, 1.165) is 41.0 Å². The molecule has 1 fully saturated rings. The predicted molar refractivity (Wildman–Crippen MR) is 92.4 cm³/mol. The van der Waals surface area contributed by atoms with E-state index in [4.69, 9.17) is 10.5 Å². The van der Waals surface area contributed by atoms with Gasteiger partial charge in [0.05, 0.1) is 18.4 Å². The minimum Gasteiger partial charge on any atom is -0.465 e. The van der Waals surface area contributed by atoms with E-state index in [1.807, 2.05) is 13.8 Å². The van der Waals surface area contributed by atoms with Gasteiger partial charge in [-0.25, -0.2) is 14.8 Å². The number of hydrogen-bond donors (Lipinski definition) is 1. The topological polar surface area (TPSA) is 98.4 Å². The van der Waals surface area contributed by atoms with E-state index >= 15 is 0 Å². The third kappa shape index (κ3) is 2.82. The predicted octanol–water partition coefficient (Wildman–Crippen LogP) is 1.80. The maximum atomic E-state index is 12.0. The van der Waals surface area contributed by atoms with Crippen molar-refractivity contribution in [1.29, 1.82) is 0 Å². The molecule has 1 unspecified atom stereocenters. The molecule has 0 aliphatic carbocycles. The van der Waals surface area contributed by atoms with Crippen LogP contribution >= 0.6 is 11.3 Å². The van der Waals surface area contributed by atoms with Gasteiger partial charge in [-0.3, -0.25) is 4.79 Å². The average Bonchev–Trinajstić information content (AvgIpc) is 2.90. The van der Waals surface area contributed by atoms with E-state index in [1.54, 1.807) is 0 Å². The first-order valence-electron chi connectivity index (χ1n) is 7.82. The molecule has 8 heteroatoms. The Balaban J connectivity index is 2.11. The van der Waals surface area contributed by atoms with E-state index in [9.17, 15) is 9.59 Å². The number of carbonyl (C=O) groups is 2. The summed E-state index contributed by atoms with van der Waals surface area (Å²) in [6.07, 6.45) is 1.68. The number of methoxy groups -OCH3 is 1. The summed E-state index contributed by atoms with van der Waals surface area (Å²) in [5, 5.41) is 0.858. The van der Waals surface area contributed by atoms with Gasteiger partial charge in [-0.2, -0.15) is 0 Å². The molecular weight excluding hydrogens is 328 g/mol. The first-order valence-corrected chi connectivity index (χ1v) is 8.64. The van der Waals surface area contributed by atoms with Crippen LogP contribution in [0.3, 0.4) is 0 Å². The van der Waals surface area contributed by atoms with Crippen LogP contribution in [0.5, 0.6) is 0 Å². The largest absolute Gasteiger partial charge is 0.465 e. The molecule has 1 aliphatic rings. The minimum atomic E-state index is -0.368. The van der Waals surface area contributed by atoms with Crippen molar-refractivity contribution in [2.45, 2.75) is 26.7 Å². The Labute approximate surface area is 143 Å². The number of nitrogens with two attached hydrogens (primary N) is 1. The van der Waals surface area contributed by atoms with Gasteiger partial charge in [-0.1, -0.05) is 0 Å². The third-order valence-electron chi connectivity index (χ3n) is 4.38. The number of anilines is 1. The lowest BCUT2D eigenvalue weighted by molar-refractivity contribution is -0.122. The highest BCUT2D eigenvalue weighted by molar-refractivity contribution is 7.20. The van der Waals surface area contributed by atoms with Crippen molar-refractivity contribution in [3.05, 3.63) is 16.3 Å². The first kappa shape index (κ1) is 16.6. The highest BCUT2D eigenvalue weighted by Crippen LogP contribution is 2.37. The van der Waals surface area contributed by atoms with Crippen molar-refractivity contribution in [3.8, 4) is 0 Å². The number of amides is 1. The smallest absolute Gasteiger partial charge is 0.348 e. The van der Waals surface area contributed by atoms with Crippen LogP contribution in [0.15, 0.2) is 0 Å². The summed E-state index contributed by atoms with van der Waals surface area (Å²) in [5.74, 6) is 0.582. The van der Waals surface area contributed by atoms with Crippen LogP contribution in [0.4, 0.5) is 5.82 Å². The Morgan fingerprint density at radius 1 is 1.33 bits per heavy atom. The molecule has 1 atom stereocenters. The van der Waals surface area contributed by atoms with Gasteiger partial charge < -0.3 is 15.4 Å². The number of primary amides is 1. The number of aryl methyl sites for hydroxylation is 2. The SMILES string of the molecule is COC(=O)c1sc2nc(C)nc(N3CCCC(C(N)=O)C3)c2c1C. The highest BCUT2D eigenvalue weighted by atomic mass is 32.1. The zero-order chi connectivity index (χ0) is 17.4. The van der Waals surface area contributed by atoms with Crippen LogP contribution in [0.25, 0.3) is 10.2 Å². The molecule has 0 saturated carbocycles. The Kier molecular flexibility index (Phi) is 4.40. The molecule has 0 aromatic carbocycles. The number of nitrogens with zero attached hydrogens (tertiary/aromatic N) is 3. The maximum Gasteiger partial charge on any atom is 0.348 e. The zero-order valence-electron chi connectivity index (χ0n) is 14.0. The second-order valence-corrected chi connectivity index (χ2v) is 7.01. The molecule has 3 heterocycles. The van der Waals surface area contributed by atoms with Gasteiger partial charge in [0.25, 0.3) is 0 Å². The molecule has 1 amide bonds. The molecule has 2 aromatic heterocycles. The fourth-order valence-electron chi connectivity index (χ4n) is 3.14. The van der Waals surface area contributed by atoms with E-state index in [-0.39, 0.29) is 17.8 Å². The van der Waals surface area contributed by atoms with Crippen molar-refractivity contribution in [2.24, 2.45) is 11.7 Å². The lowest BCUT2D eigenvalue weighted by Gasteiger charge is -2.32. The summed E-state index contributed by atoms with van der Waals surface area (Å²) in [6, 6.07) is 0. The summed E-state index contributed by atoms with van der Waals surface area (Å²) in [4.78, 5) is 36.0. The van der Waals surface area contributed by atoms with Crippen LogP contribution in [0.1, 0.15) is 33.9 Å². The second kappa shape index (κ2) is 6.35. The fourth-order valence-corrected chi connectivity index (χ4v) is 4.28. The number of ether oxygens (including phenoxy) is 1. The van der Waals surface area contributed by atoms with E-state index in [2.05, 4.69) is 14.9 Å². The number of hydrogen-bond acceptors (Lipinski definition) is 7. The van der Waals surface area contributed by atoms with Gasteiger partial charge in [0.1, 0.15) is 21.3 Å². The third-order valence-corrected chi connectivity index (χ3v) is 5.54. The van der Waals surface area contributed by atoms with Crippen molar-refractivity contribution < 1.29 is 14.3 Å². The molecule has 2 aromatic rings. The number of esters is 1. The van der Waals surface area contributed by atoms with Crippen molar-refractivity contribution >= 4 is 39.2 Å². The van der Waals surface area contributed by atoms with Crippen molar-refractivity contribution in [1.82, 2.24) is 9.97 Å². The molecule has 2 N–H and O–H groups in total. The zero-order valence-corrected chi connectivity index (χ0v) is 14.8. The standard InChI is InChI=1S/C16H20N4O3S/c1-8-11-14(20-6-4-5-10(7-20)13(17)21)18-9(2)19-15(11)24-12(8)16(22)23-3/h10H,4-7H2,1-3H3,(H2,17,21). The Hall–Kier alpha value is -2.22. The van der Waals surface area contributed by atoms with E-state index < -0.39 is 0 Å². The maximum absolute atomic E-state index is 12.0. The molecule has 1 saturated heterocycles. The average molecular weight is 348 g/mol. The summed E-state index contributed by atoms with van der Waals surface area (Å²) >= 11 is 1.31. The number of fused-ring (bicyclic) bond motifs is 1. The Morgan fingerprint density at radius 2 is 2.08 bits per heavy atom. The summed E-state index contributed by atoms with van der Waals surface area (Å²) in [7, 11) is 1.37. The molecule has 0 bridgehead atoms. The molecule has 0 radical (unpaired) electrons. The fraction of sp³-hybridized carbons (Fsp3) is 0.500. The van der Waals surface area contributed by atoms with E-state index in [1.165, 1.54) is 18.4 Å². The number of rotatable bonds is 3.